The Morgan fingerprint density at radius 2 is 2.11 bits per heavy atom. The maximum absolute atomic E-state index is 12.0. The van der Waals surface area contributed by atoms with Crippen LogP contribution in [-0.2, 0) is 10.0 Å². The fourth-order valence-electron chi connectivity index (χ4n) is 1.60. The number of benzene rings is 1. The summed E-state index contributed by atoms with van der Waals surface area (Å²) < 4.78 is 27.3. The number of alkyl halides is 1. The molecule has 4 nitrogen and oxygen atoms in total. The van der Waals surface area contributed by atoms with Crippen LogP contribution < -0.4 is 4.72 Å². The lowest BCUT2D eigenvalue weighted by molar-refractivity contribution is 0.598. The molecule has 0 radical (unpaired) electrons. The number of fused-ring (bicyclic) bond motifs is 1. The van der Waals surface area contributed by atoms with Crippen LogP contribution in [0.4, 0.5) is 5.69 Å². The van der Waals surface area contributed by atoms with E-state index in [-0.39, 0.29) is 5.75 Å². The topological polar surface area (TPSA) is 59.1 Å². The van der Waals surface area contributed by atoms with E-state index in [1.807, 2.05) is 6.07 Å². The molecule has 1 aromatic heterocycles. The lowest BCUT2D eigenvalue weighted by Gasteiger charge is -2.09. The molecule has 0 saturated heterocycles. The molecule has 0 unspecified atom stereocenters. The second-order valence-corrected chi connectivity index (χ2v) is 7.45. The van der Waals surface area contributed by atoms with Gasteiger partial charge in [0.1, 0.15) is 5.52 Å². The fourth-order valence-corrected chi connectivity index (χ4v) is 3.93. The van der Waals surface area contributed by atoms with Crippen molar-refractivity contribution >= 4 is 60.5 Å². The molecule has 8 heteroatoms. The molecule has 0 atom stereocenters. The van der Waals surface area contributed by atoms with E-state index < -0.39 is 10.0 Å². The summed E-state index contributed by atoms with van der Waals surface area (Å²) in [5.74, 6) is 0.481. The van der Waals surface area contributed by atoms with Crippen molar-refractivity contribution in [2.45, 2.75) is 12.8 Å². The number of sulfonamides is 1. The lowest BCUT2D eigenvalue weighted by Crippen LogP contribution is -2.17. The van der Waals surface area contributed by atoms with Crippen molar-refractivity contribution in [2.24, 2.45) is 0 Å². The van der Waals surface area contributed by atoms with Crippen LogP contribution in [0.25, 0.3) is 10.2 Å². The number of nitrogens with one attached hydrogen (secondary N) is 1. The highest BCUT2D eigenvalue weighted by atomic mass is 35.5. The molecule has 104 valence electrons. The van der Waals surface area contributed by atoms with Gasteiger partial charge in [0.25, 0.3) is 0 Å². The molecule has 2 rings (SSSR count). The minimum absolute atomic E-state index is 0.0244. The maximum atomic E-state index is 12.0. The Hall–Kier alpha value is -0.560. The molecule has 0 spiro atoms. The van der Waals surface area contributed by atoms with E-state index in [4.69, 9.17) is 23.2 Å². The van der Waals surface area contributed by atoms with Gasteiger partial charge in [-0.05, 0) is 25.0 Å². The minimum Gasteiger partial charge on any atom is -0.280 e. The summed E-state index contributed by atoms with van der Waals surface area (Å²) in [6.45, 7) is 0. The zero-order valence-corrected chi connectivity index (χ0v) is 13.0. The number of hydrogen-bond donors (Lipinski definition) is 1. The third-order valence-corrected chi connectivity index (χ3v) is 5.22. The highest BCUT2D eigenvalue weighted by Gasteiger charge is 2.16. The van der Waals surface area contributed by atoms with Gasteiger partial charge in [-0.25, -0.2) is 13.4 Å². The molecule has 1 N–H and O–H groups in total. The SMILES string of the molecule is O=S(=O)(CCCCCl)Nc1c(Cl)ccc2scnc12. The fraction of sp³-hybridized carbons (Fsp3) is 0.364. The third-order valence-electron chi connectivity index (χ3n) is 2.51. The molecule has 1 heterocycles. The summed E-state index contributed by atoms with van der Waals surface area (Å²) in [5, 5.41) is 0.347. The van der Waals surface area contributed by atoms with Crippen molar-refractivity contribution in [1.82, 2.24) is 4.98 Å². The van der Waals surface area contributed by atoms with E-state index in [2.05, 4.69) is 9.71 Å². The first-order valence-electron chi connectivity index (χ1n) is 5.61. The molecule has 19 heavy (non-hydrogen) atoms. The van der Waals surface area contributed by atoms with E-state index >= 15 is 0 Å². The second-order valence-electron chi connectivity index (χ2n) is 3.94. The summed E-state index contributed by atoms with van der Waals surface area (Å²) in [7, 11) is -3.43. The summed E-state index contributed by atoms with van der Waals surface area (Å²) in [6, 6.07) is 3.49. The molecule has 0 aliphatic heterocycles. The molecule has 2 aromatic rings. The van der Waals surface area contributed by atoms with Gasteiger partial charge in [-0.3, -0.25) is 4.72 Å². The van der Waals surface area contributed by atoms with Crippen molar-refractivity contribution in [1.29, 1.82) is 0 Å². The molecule has 0 bridgehead atoms. The monoisotopic (exact) mass is 338 g/mol. The Morgan fingerprint density at radius 1 is 1.32 bits per heavy atom. The number of nitrogens with zero attached hydrogens (tertiary/aromatic N) is 1. The average molecular weight is 339 g/mol. The summed E-state index contributed by atoms with van der Waals surface area (Å²) in [5.41, 5.74) is 2.59. The van der Waals surface area contributed by atoms with Crippen LogP contribution in [0.1, 0.15) is 12.8 Å². The van der Waals surface area contributed by atoms with Crippen LogP contribution in [0.15, 0.2) is 17.6 Å². The first-order valence-corrected chi connectivity index (χ1v) is 9.06. The Morgan fingerprint density at radius 3 is 2.84 bits per heavy atom. The van der Waals surface area contributed by atoms with E-state index in [1.165, 1.54) is 11.3 Å². The zero-order valence-electron chi connectivity index (χ0n) is 9.90. The van der Waals surface area contributed by atoms with Gasteiger partial charge in [0.15, 0.2) is 0 Å². The molecule has 1 aromatic carbocycles. The van der Waals surface area contributed by atoms with Gasteiger partial charge in [0.2, 0.25) is 10.0 Å². The highest BCUT2D eigenvalue weighted by molar-refractivity contribution is 7.92. The van der Waals surface area contributed by atoms with Gasteiger partial charge < -0.3 is 0 Å². The number of halogens is 2. The summed E-state index contributed by atoms with van der Waals surface area (Å²) in [6.07, 6.45) is 1.18. The van der Waals surface area contributed by atoms with E-state index in [0.717, 1.165) is 4.70 Å². The number of anilines is 1. The van der Waals surface area contributed by atoms with Gasteiger partial charge in [-0.2, -0.15) is 0 Å². The number of hydrogen-bond acceptors (Lipinski definition) is 4. The van der Waals surface area contributed by atoms with Crippen molar-refractivity contribution in [3.05, 3.63) is 22.7 Å². The van der Waals surface area contributed by atoms with Gasteiger partial charge >= 0.3 is 0 Å². The van der Waals surface area contributed by atoms with Gasteiger partial charge in [-0.1, -0.05) is 11.6 Å². The molecule has 0 aliphatic rings. The third kappa shape index (κ3) is 3.72. The van der Waals surface area contributed by atoms with E-state index in [0.29, 0.717) is 34.9 Å². The normalized spacial score (nSPS) is 11.9. The Bertz CT molecular complexity index is 670. The Kier molecular flexibility index (Phi) is 4.89. The van der Waals surface area contributed by atoms with Crippen molar-refractivity contribution in [2.75, 3.05) is 16.4 Å². The number of unbranched alkanes of at least 4 members (excludes halogenated alkanes) is 1. The quantitative estimate of drug-likeness (QED) is 0.645. The van der Waals surface area contributed by atoms with Crippen molar-refractivity contribution in [3.8, 4) is 0 Å². The van der Waals surface area contributed by atoms with Gasteiger partial charge in [0.05, 0.1) is 26.7 Å². The summed E-state index contributed by atoms with van der Waals surface area (Å²) >= 11 is 13.0. The van der Waals surface area contributed by atoms with E-state index in [9.17, 15) is 8.42 Å². The van der Waals surface area contributed by atoms with Crippen LogP contribution in [-0.4, -0.2) is 25.0 Å². The van der Waals surface area contributed by atoms with E-state index in [1.54, 1.807) is 11.6 Å². The number of aromatic nitrogens is 1. The molecule has 0 amide bonds. The number of rotatable bonds is 6. The molecule has 0 saturated carbocycles. The van der Waals surface area contributed by atoms with Gasteiger partial charge in [-0.15, -0.1) is 22.9 Å². The Labute approximate surface area is 125 Å². The van der Waals surface area contributed by atoms with Crippen LogP contribution in [0.2, 0.25) is 5.02 Å². The Balaban J connectivity index is 2.25. The lowest BCUT2D eigenvalue weighted by atomic mass is 10.3. The number of thiazole rings is 1. The molecule has 0 aliphatic carbocycles. The highest BCUT2D eigenvalue weighted by Crippen LogP contribution is 2.32. The minimum atomic E-state index is -3.43. The van der Waals surface area contributed by atoms with Crippen LogP contribution in [0.3, 0.4) is 0 Å². The van der Waals surface area contributed by atoms with Crippen molar-refractivity contribution in [3.63, 3.8) is 0 Å². The zero-order chi connectivity index (χ0) is 13.9. The second kappa shape index (κ2) is 6.26. The molecular formula is C11H12Cl2N2O2S2. The summed E-state index contributed by atoms with van der Waals surface area (Å²) in [4.78, 5) is 4.15. The predicted octanol–water partition coefficient (Wildman–Crippen LogP) is 3.71. The van der Waals surface area contributed by atoms with Gasteiger partial charge in [0, 0.05) is 5.88 Å². The average Bonchev–Trinajstić information content (AvgIpc) is 2.81. The van der Waals surface area contributed by atoms with Crippen LogP contribution in [0, 0.1) is 0 Å². The molecule has 0 fully saturated rings. The largest absolute Gasteiger partial charge is 0.280 e. The first-order chi connectivity index (χ1) is 9.03. The van der Waals surface area contributed by atoms with Crippen LogP contribution in [0.5, 0.6) is 0 Å². The van der Waals surface area contributed by atoms with Crippen molar-refractivity contribution < 1.29 is 8.42 Å². The van der Waals surface area contributed by atoms with Crippen LogP contribution >= 0.6 is 34.5 Å². The standard InChI is InChI=1S/C11H12Cl2N2O2S2/c12-5-1-2-6-19(16,17)15-10-8(13)3-4-9-11(10)14-7-18-9/h3-4,7,15H,1-2,5-6H2. The molecular weight excluding hydrogens is 327 g/mol. The predicted molar refractivity (Wildman–Crippen MR) is 82.0 cm³/mol. The smallest absolute Gasteiger partial charge is 0.232 e. The first kappa shape index (κ1) is 14.8. The maximum Gasteiger partial charge on any atom is 0.232 e.